The third-order valence-electron chi connectivity index (χ3n) is 3.58. The molecule has 0 aromatic carbocycles. The molecule has 0 spiro atoms. The zero-order valence-electron chi connectivity index (χ0n) is 12.9. The van der Waals surface area contributed by atoms with E-state index in [1.54, 1.807) is 22.9 Å². The summed E-state index contributed by atoms with van der Waals surface area (Å²) in [5, 5.41) is 4.87. The number of hydrogen-bond donors (Lipinski definition) is 0. The fourth-order valence-electron chi connectivity index (χ4n) is 2.58. The van der Waals surface area contributed by atoms with Gasteiger partial charge in [0, 0.05) is 16.5 Å². The second-order valence-electron chi connectivity index (χ2n) is 5.63. The fraction of sp³-hybridized carbons (Fsp3) is 0.375. The lowest BCUT2D eigenvalue weighted by atomic mass is 10.1. The first kappa shape index (κ1) is 15.1. The Morgan fingerprint density at radius 2 is 1.91 bits per heavy atom. The van der Waals surface area contributed by atoms with Crippen LogP contribution >= 0.6 is 11.3 Å². The summed E-state index contributed by atoms with van der Waals surface area (Å²) < 4.78 is 28.8. The molecule has 0 saturated carbocycles. The van der Waals surface area contributed by atoms with Crippen molar-refractivity contribution >= 4 is 22.4 Å². The highest BCUT2D eigenvalue weighted by molar-refractivity contribution is 7.15. The van der Waals surface area contributed by atoms with E-state index in [0.717, 1.165) is 9.75 Å². The smallest absolute Gasteiger partial charge is 0.244 e. The van der Waals surface area contributed by atoms with Crippen LogP contribution in [0.2, 0.25) is 0 Å². The third-order valence-corrected chi connectivity index (χ3v) is 4.61. The quantitative estimate of drug-likeness (QED) is 0.656. The van der Waals surface area contributed by atoms with E-state index in [1.807, 2.05) is 32.9 Å². The number of pyridine rings is 1. The zero-order valence-corrected chi connectivity index (χ0v) is 13.7. The van der Waals surface area contributed by atoms with Gasteiger partial charge in [0.05, 0.1) is 21.7 Å². The van der Waals surface area contributed by atoms with Crippen LogP contribution in [-0.4, -0.2) is 14.8 Å². The summed E-state index contributed by atoms with van der Waals surface area (Å²) in [5.74, 6) is 0. The van der Waals surface area contributed by atoms with Gasteiger partial charge in [0.1, 0.15) is 0 Å². The number of fused-ring (bicyclic) bond motifs is 1. The number of thiophene rings is 1. The van der Waals surface area contributed by atoms with Gasteiger partial charge in [0.2, 0.25) is 0 Å². The average Bonchev–Trinajstić information content (AvgIpc) is 3.02. The molecule has 0 unspecified atom stereocenters. The molecule has 3 aromatic rings. The Balaban J connectivity index is 2.34. The second-order valence-corrected chi connectivity index (χ2v) is 6.92. The van der Waals surface area contributed by atoms with E-state index in [4.69, 9.17) is 0 Å². The Labute approximate surface area is 131 Å². The van der Waals surface area contributed by atoms with Gasteiger partial charge in [-0.05, 0) is 45.9 Å². The number of aromatic nitrogens is 3. The van der Waals surface area contributed by atoms with Gasteiger partial charge in [-0.2, -0.15) is 5.10 Å². The van der Waals surface area contributed by atoms with Gasteiger partial charge in [0.25, 0.3) is 6.43 Å². The minimum Gasteiger partial charge on any atom is -0.244 e. The summed E-state index contributed by atoms with van der Waals surface area (Å²) in [6.07, 6.45) is -2.55. The Morgan fingerprint density at radius 1 is 1.18 bits per heavy atom. The Hall–Kier alpha value is -1.82. The van der Waals surface area contributed by atoms with Crippen molar-refractivity contribution in [3.05, 3.63) is 34.3 Å². The van der Waals surface area contributed by atoms with Crippen molar-refractivity contribution in [1.82, 2.24) is 14.8 Å². The van der Waals surface area contributed by atoms with Crippen LogP contribution in [0, 0.1) is 13.8 Å². The maximum atomic E-state index is 13.5. The molecule has 22 heavy (non-hydrogen) atoms. The van der Waals surface area contributed by atoms with Gasteiger partial charge in [-0.3, -0.25) is 0 Å². The second kappa shape index (κ2) is 5.43. The standard InChI is InChI=1S/C16H17F2N3S/c1-8(2)21-16-14(10(4)20-21)11(15(17)18)7-12(19-16)13-6-5-9(3)22-13/h5-8,15H,1-4H3. The first-order valence-electron chi connectivity index (χ1n) is 7.13. The Kier molecular flexibility index (Phi) is 3.72. The van der Waals surface area contributed by atoms with Crippen LogP contribution in [0.1, 0.15) is 42.4 Å². The average molecular weight is 321 g/mol. The molecule has 3 nitrogen and oxygen atoms in total. The molecule has 0 fully saturated rings. The predicted molar refractivity (Wildman–Crippen MR) is 85.7 cm³/mol. The molecule has 0 aliphatic rings. The van der Waals surface area contributed by atoms with Crippen molar-refractivity contribution in [2.24, 2.45) is 0 Å². The zero-order chi connectivity index (χ0) is 16.0. The van der Waals surface area contributed by atoms with Crippen molar-refractivity contribution < 1.29 is 8.78 Å². The van der Waals surface area contributed by atoms with Crippen LogP contribution in [-0.2, 0) is 0 Å². The molecule has 3 heterocycles. The van der Waals surface area contributed by atoms with E-state index in [-0.39, 0.29) is 11.6 Å². The topological polar surface area (TPSA) is 30.7 Å². The van der Waals surface area contributed by atoms with Crippen molar-refractivity contribution in [1.29, 1.82) is 0 Å². The lowest BCUT2D eigenvalue weighted by Crippen LogP contribution is -2.04. The van der Waals surface area contributed by atoms with Crippen LogP contribution in [0.15, 0.2) is 18.2 Å². The summed E-state index contributed by atoms with van der Waals surface area (Å²) >= 11 is 1.55. The largest absolute Gasteiger partial charge is 0.264 e. The van der Waals surface area contributed by atoms with Crippen molar-refractivity contribution in [3.8, 4) is 10.6 Å². The molecule has 0 aliphatic carbocycles. The molecular weight excluding hydrogens is 304 g/mol. The summed E-state index contributed by atoms with van der Waals surface area (Å²) in [7, 11) is 0. The number of alkyl halides is 2. The molecule has 0 atom stereocenters. The van der Waals surface area contributed by atoms with Gasteiger partial charge in [-0.15, -0.1) is 11.3 Å². The minimum absolute atomic E-state index is 0.00968. The number of nitrogens with zero attached hydrogens (tertiary/aromatic N) is 3. The van der Waals surface area contributed by atoms with Gasteiger partial charge in [-0.1, -0.05) is 0 Å². The summed E-state index contributed by atoms with van der Waals surface area (Å²) in [4.78, 5) is 6.65. The number of hydrogen-bond acceptors (Lipinski definition) is 3. The van der Waals surface area contributed by atoms with Gasteiger partial charge >= 0.3 is 0 Å². The highest BCUT2D eigenvalue weighted by Gasteiger charge is 2.22. The van der Waals surface area contributed by atoms with E-state index >= 15 is 0 Å². The first-order chi connectivity index (χ1) is 10.4. The summed E-state index contributed by atoms with van der Waals surface area (Å²) in [5.41, 5.74) is 1.73. The van der Waals surface area contributed by atoms with Crippen LogP contribution in [0.3, 0.4) is 0 Å². The Bertz CT molecular complexity index is 833. The van der Waals surface area contributed by atoms with Gasteiger partial charge < -0.3 is 0 Å². The summed E-state index contributed by atoms with van der Waals surface area (Å²) in [6, 6.07) is 5.46. The molecule has 116 valence electrons. The molecule has 6 heteroatoms. The minimum atomic E-state index is -2.55. The number of rotatable bonds is 3. The van der Waals surface area contributed by atoms with E-state index in [2.05, 4.69) is 10.1 Å². The molecule has 0 N–H and O–H groups in total. The van der Waals surface area contributed by atoms with Crippen LogP contribution in [0.4, 0.5) is 8.78 Å². The molecule has 0 amide bonds. The van der Waals surface area contributed by atoms with Crippen molar-refractivity contribution in [2.45, 2.75) is 40.2 Å². The third kappa shape index (κ3) is 2.41. The van der Waals surface area contributed by atoms with E-state index in [9.17, 15) is 8.78 Å². The van der Waals surface area contributed by atoms with Crippen LogP contribution in [0.25, 0.3) is 21.6 Å². The Morgan fingerprint density at radius 3 is 2.45 bits per heavy atom. The summed E-state index contributed by atoms with van der Waals surface area (Å²) in [6.45, 7) is 7.68. The highest BCUT2D eigenvalue weighted by Crippen LogP contribution is 2.35. The lowest BCUT2D eigenvalue weighted by molar-refractivity contribution is 0.153. The van der Waals surface area contributed by atoms with E-state index in [0.29, 0.717) is 22.4 Å². The highest BCUT2D eigenvalue weighted by atomic mass is 32.1. The molecular formula is C16H17F2N3S. The van der Waals surface area contributed by atoms with Crippen LogP contribution in [0.5, 0.6) is 0 Å². The molecule has 0 bridgehead atoms. The lowest BCUT2D eigenvalue weighted by Gasteiger charge is -2.09. The maximum Gasteiger partial charge on any atom is 0.264 e. The predicted octanol–water partition coefficient (Wildman–Crippen LogP) is 5.30. The molecule has 0 saturated heterocycles. The van der Waals surface area contributed by atoms with E-state index < -0.39 is 6.43 Å². The normalized spacial score (nSPS) is 12.0. The number of halogens is 2. The van der Waals surface area contributed by atoms with E-state index in [1.165, 1.54) is 6.07 Å². The molecule has 0 radical (unpaired) electrons. The number of aryl methyl sites for hydroxylation is 2. The van der Waals surface area contributed by atoms with Gasteiger partial charge in [0.15, 0.2) is 5.65 Å². The van der Waals surface area contributed by atoms with Crippen molar-refractivity contribution in [2.75, 3.05) is 0 Å². The van der Waals surface area contributed by atoms with Crippen molar-refractivity contribution in [3.63, 3.8) is 0 Å². The first-order valence-corrected chi connectivity index (χ1v) is 7.95. The molecule has 3 aromatic heterocycles. The SMILES string of the molecule is Cc1ccc(-c2cc(C(F)F)c3c(C)nn(C(C)C)c3n2)s1. The van der Waals surface area contributed by atoms with Crippen LogP contribution < -0.4 is 0 Å². The molecule has 0 aliphatic heterocycles. The monoisotopic (exact) mass is 321 g/mol. The maximum absolute atomic E-state index is 13.5. The van der Waals surface area contributed by atoms with Gasteiger partial charge in [-0.25, -0.2) is 18.4 Å². The molecule has 3 rings (SSSR count). The fourth-order valence-corrected chi connectivity index (χ4v) is 3.41.